The van der Waals surface area contributed by atoms with E-state index in [0.717, 1.165) is 17.9 Å². The van der Waals surface area contributed by atoms with Crippen molar-refractivity contribution in [3.05, 3.63) is 23.7 Å². The number of hydrogen-bond acceptors (Lipinski definition) is 4. The van der Waals surface area contributed by atoms with E-state index in [1.807, 2.05) is 12.1 Å². The van der Waals surface area contributed by atoms with Crippen LogP contribution >= 0.6 is 0 Å². The topological polar surface area (TPSA) is 51.5 Å². The summed E-state index contributed by atoms with van der Waals surface area (Å²) in [6, 6.07) is 4.28. The first-order valence-corrected chi connectivity index (χ1v) is 7.75. The van der Waals surface area contributed by atoms with E-state index in [0.29, 0.717) is 30.7 Å². The standard InChI is InChI=1S/C13H23NO3S/c1-11(2)14-9-12-5-6-13(17-12)10-18(15)8-4-7-16-3/h5-6,11,14H,4,7-10H2,1-3H3. The van der Waals surface area contributed by atoms with Crippen LogP contribution in [0.2, 0.25) is 0 Å². The van der Waals surface area contributed by atoms with Crippen LogP contribution in [0.15, 0.2) is 16.5 Å². The molecular formula is C13H23NO3S. The second-order valence-electron chi connectivity index (χ2n) is 4.54. The van der Waals surface area contributed by atoms with Crippen molar-refractivity contribution in [2.24, 2.45) is 0 Å². The summed E-state index contributed by atoms with van der Waals surface area (Å²) in [7, 11) is 0.790. The summed E-state index contributed by atoms with van der Waals surface area (Å²) in [4.78, 5) is 0. The van der Waals surface area contributed by atoms with Crippen LogP contribution in [0, 0.1) is 0 Å². The average molecular weight is 273 g/mol. The highest BCUT2D eigenvalue weighted by Crippen LogP contribution is 2.10. The van der Waals surface area contributed by atoms with E-state index in [9.17, 15) is 4.21 Å². The lowest BCUT2D eigenvalue weighted by atomic mass is 10.3. The van der Waals surface area contributed by atoms with Crippen LogP contribution in [0.25, 0.3) is 0 Å². The molecular weight excluding hydrogens is 250 g/mol. The van der Waals surface area contributed by atoms with Crippen molar-refractivity contribution in [3.8, 4) is 0 Å². The SMILES string of the molecule is COCCCS(=O)Cc1ccc(CNC(C)C)o1. The van der Waals surface area contributed by atoms with Crippen LogP contribution in [0.5, 0.6) is 0 Å². The Kier molecular flexibility index (Phi) is 7.23. The highest BCUT2D eigenvalue weighted by Gasteiger charge is 2.07. The summed E-state index contributed by atoms with van der Waals surface area (Å²) in [6.07, 6.45) is 0.825. The molecule has 1 heterocycles. The van der Waals surface area contributed by atoms with E-state index in [1.165, 1.54) is 0 Å². The van der Waals surface area contributed by atoms with E-state index >= 15 is 0 Å². The molecule has 5 heteroatoms. The average Bonchev–Trinajstić information content (AvgIpc) is 2.74. The predicted molar refractivity (Wildman–Crippen MR) is 73.9 cm³/mol. The Labute approximate surface area is 112 Å². The number of nitrogens with one attached hydrogen (secondary N) is 1. The van der Waals surface area contributed by atoms with Crippen molar-refractivity contribution < 1.29 is 13.4 Å². The van der Waals surface area contributed by atoms with Crippen molar-refractivity contribution in [3.63, 3.8) is 0 Å². The molecule has 1 aromatic rings. The first-order valence-electron chi connectivity index (χ1n) is 6.26. The molecule has 0 aromatic carbocycles. The third-order valence-electron chi connectivity index (χ3n) is 2.43. The first kappa shape index (κ1) is 15.4. The van der Waals surface area contributed by atoms with E-state index < -0.39 is 10.8 Å². The molecule has 0 fully saturated rings. The van der Waals surface area contributed by atoms with E-state index in [1.54, 1.807) is 7.11 Å². The summed E-state index contributed by atoms with van der Waals surface area (Å²) < 4.78 is 22.3. The Bertz CT molecular complexity index is 363. The van der Waals surface area contributed by atoms with E-state index in [2.05, 4.69) is 19.2 Å². The molecule has 0 aliphatic heterocycles. The van der Waals surface area contributed by atoms with Gasteiger partial charge < -0.3 is 14.5 Å². The Morgan fingerprint density at radius 3 is 2.78 bits per heavy atom. The van der Waals surface area contributed by atoms with Crippen molar-refractivity contribution in [1.82, 2.24) is 5.32 Å². The molecule has 4 nitrogen and oxygen atoms in total. The zero-order valence-electron chi connectivity index (χ0n) is 11.4. The van der Waals surface area contributed by atoms with Gasteiger partial charge in [-0.25, -0.2) is 0 Å². The molecule has 0 aliphatic rings. The van der Waals surface area contributed by atoms with Crippen LogP contribution in [0.1, 0.15) is 31.8 Å². The second-order valence-corrected chi connectivity index (χ2v) is 6.11. The molecule has 0 spiro atoms. The van der Waals surface area contributed by atoms with Gasteiger partial charge in [0.25, 0.3) is 0 Å². The maximum absolute atomic E-state index is 11.7. The summed E-state index contributed by atoms with van der Waals surface area (Å²) in [5.74, 6) is 2.85. The fourth-order valence-electron chi connectivity index (χ4n) is 1.49. The molecule has 104 valence electrons. The zero-order chi connectivity index (χ0) is 13.4. The maximum Gasteiger partial charge on any atom is 0.118 e. The fourth-order valence-corrected chi connectivity index (χ4v) is 2.55. The molecule has 1 atom stereocenters. The minimum Gasteiger partial charge on any atom is -0.464 e. The lowest BCUT2D eigenvalue weighted by Gasteiger charge is -2.05. The number of furan rings is 1. The quantitative estimate of drug-likeness (QED) is 0.700. The number of hydrogen-bond donors (Lipinski definition) is 1. The molecule has 1 rings (SSSR count). The first-order chi connectivity index (χ1) is 8.61. The highest BCUT2D eigenvalue weighted by molar-refractivity contribution is 7.84. The summed E-state index contributed by atoms with van der Waals surface area (Å²) in [5.41, 5.74) is 0. The number of rotatable bonds is 9. The number of methoxy groups -OCH3 is 1. The van der Waals surface area contributed by atoms with Gasteiger partial charge in [-0.1, -0.05) is 13.8 Å². The maximum atomic E-state index is 11.7. The van der Waals surface area contributed by atoms with Crippen LogP contribution in [-0.4, -0.2) is 29.7 Å². The van der Waals surface area contributed by atoms with Crippen LogP contribution < -0.4 is 5.32 Å². The minimum atomic E-state index is -0.866. The molecule has 0 amide bonds. The van der Waals surface area contributed by atoms with Gasteiger partial charge in [-0.15, -0.1) is 0 Å². The summed E-state index contributed by atoms with van der Waals surface area (Å²) in [6.45, 7) is 5.56. The van der Waals surface area contributed by atoms with Gasteiger partial charge >= 0.3 is 0 Å². The van der Waals surface area contributed by atoms with Gasteiger partial charge in [0.15, 0.2) is 0 Å². The number of ether oxygens (including phenoxy) is 1. The second kappa shape index (κ2) is 8.45. The molecule has 0 radical (unpaired) electrons. The lowest BCUT2D eigenvalue weighted by Crippen LogP contribution is -2.21. The molecule has 1 unspecified atom stereocenters. The highest BCUT2D eigenvalue weighted by atomic mass is 32.2. The zero-order valence-corrected chi connectivity index (χ0v) is 12.2. The van der Waals surface area contributed by atoms with Gasteiger partial charge in [0.05, 0.1) is 12.3 Å². The molecule has 1 N–H and O–H groups in total. The van der Waals surface area contributed by atoms with Gasteiger partial charge in [0.1, 0.15) is 11.5 Å². The van der Waals surface area contributed by atoms with Crippen LogP contribution in [0.4, 0.5) is 0 Å². The van der Waals surface area contributed by atoms with Gasteiger partial charge in [-0.05, 0) is 18.6 Å². The third-order valence-corrected chi connectivity index (χ3v) is 3.78. The smallest absolute Gasteiger partial charge is 0.118 e. The molecule has 0 saturated carbocycles. The minimum absolute atomic E-state index is 0.432. The van der Waals surface area contributed by atoms with Gasteiger partial charge in [-0.3, -0.25) is 4.21 Å². The predicted octanol–water partition coefficient (Wildman–Crippen LogP) is 2.06. The molecule has 0 saturated heterocycles. The molecule has 0 bridgehead atoms. The summed E-state index contributed by atoms with van der Waals surface area (Å²) >= 11 is 0. The Morgan fingerprint density at radius 2 is 2.11 bits per heavy atom. The van der Waals surface area contributed by atoms with Gasteiger partial charge in [0, 0.05) is 36.3 Å². The molecule has 18 heavy (non-hydrogen) atoms. The van der Waals surface area contributed by atoms with Crippen molar-refractivity contribution >= 4 is 10.8 Å². The van der Waals surface area contributed by atoms with E-state index in [-0.39, 0.29) is 0 Å². The molecule has 1 aromatic heterocycles. The monoisotopic (exact) mass is 273 g/mol. The molecule has 0 aliphatic carbocycles. The Hall–Kier alpha value is -0.650. The summed E-state index contributed by atoms with van der Waals surface area (Å²) in [5, 5.41) is 3.28. The normalized spacial score (nSPS) is 13.1. The van der Waals surface area contributed by atoms with E-state index in [4.69, 9.17) is 9.15 Å². The lowest BCUT2D eigenvalue weighted by molar-refractivity contribution is 0.200. The van der Waals surface area contributed by atoms with Gasteiger partial charge in [-0.2, -0.15) is 0 Å². The van der Waals surface area contributed by atoms with Crippen molar-refractivity contribution in [2.45, 2.75) is 38.6 Å². The Morgan fingerprint density at radius 1 is 1.39 bits per heavy atom. The van der Waals surface area contributed by atoms with Gasteiger partial charge in [0.2, 0.25) is 0 Å². The van der Waals surface area contributed by atoms with Crippen LogP contribution in [-0.2, 0) is 27.8 Å². The van der Waals surface area contributed by atoms with Crippen LogP contribution in [0.3, 0.4) is 0 Å². The third kappa shape index (κ3) is 6.33. The fraction of sp³-hybridized carbons (Fsp3) is 0.692. The largest absolute Gasteiger partial charge is 0.464 e. The van der Waals surface area contributed by atoms with Crippen molar-refractivity contribution in [1.29, 1.82) is 0 Å². The van der Waals surface area contributed by atoms with Crippen molar-refractivity contribution in [2.75, 3.05) is 19.5 Å². The Balaban J connectivity index is 2.32.